The third-order valence-corrected chi connectivity index (χ3v) is 5.69. The third kappa shape index (κ3) is 5.00. The Morgan fingerprint density at radius 2 is 2.06 bits per heavy atom. The van der Waals surface area contributed by atoms with Gasteiger partial charge < -0.3 is 24.4 Å². The molecule has 13 heteroatoms. The van der Waals surface area contributed by atoms with Gasteiger partial charge in [0, 0.05) is 24.3 Å². The smallest absolute Gasteiger partial charge is 0.379 e. The van der Waals surface area contributed by atoms with E-state index in [9.17, 15) is 9.59 Å². The van der Waals surface area contributed by atoms with Crippen molar-refractivity contribution in [1.82, 2.24) is 20.0 Å². The van der Waals surface area contributed by atoms with Crippen molar-refractivity contribution >= 4 is 28.2 Å². The number of anilines is 2. The zero-order valence-electron chi connectivity index (χ0n) is 19.1. The van der Waals surface area contributed by atoms with Crippen molar-refractivity contribution in [3.05, 3.63) is 58.3 Å². The van der Waals surface area contributed by atoms with Crippen LogP contribution in [-0.2, 0) is 4.74 Å². The number of benzene rings is 1. The van der Waals surface area contributed by atoms with Gasteiger partial charge in [-0.3, -0.25) is 10.1 Å². The highest BCUT2D eigenvalue weighted by molar-refractivity contribution is 7.17. The van der Waals surface area contributed by atoms with Gasteiger partial charge in [0.05, 0.1) is 19.9 Å². The zero-order valence-corrected chi connectivity index (χ0v) is 19.9. The highest BCUT2D eigenvalue weighted by Crippen LogP contribution is 2.38. The molecule has 4 rings (SSSR count). The van der Waals surface area contributed by atoms with Crippen molar-refractivity contribution in [3.63, 3.8) is 0 Å². The first-order valence-corrected chi connectivity index (χ1v) is 11.1. The monoisotopic (exact) mass is 498 g/mol. The predicted molar refractivity (Wildman–Crippen MR) is 128 cm³/mol. The number of nitrogen functional groups attached to an aromatic ring is 1. The van der Waals surface area contributed by atoms with E-state index >= 15 is 0 Å². The number of ether oxygens (including phenoxy) is 3. The van der Waals surface area contributed by atoms with Crippen LogP contribution in [0.3, 0.4) is 0 Å². The lowest BCUT2D eigenvalue weighted by molar-refractivity contribution is 0.0990. The van der Waals surface area contributed by atoms with Gasteiger partial charge in [0.1, 0.15) is 18.2 Å². The largest absolute Gasteiger partial charge is 0.496 e. The standard InChI is InChI=1S/C22H22N6O6S/c1-12-5-4-6-14(32-3)17(12)13-11-15(34-20(30)18(13)33-10-9-31-2)19(29)25-21-26-27-22(35-21)28-16(23)7-8-24-28/h4-8,11H,9-10,23H2,1-3H3,(H,25,26,29). The number of amides is 1. The second-order valence-corrected chi connectivity index (χ2v) is 8.10. The molecular weight excluding hydrogens is 476 g/mol. The summed E-state index contributed by atoms with van der Waals surface area (Å²) in [5.41, 5.74) is 6.76. The van der Waals surface area contributed by atoms with Crippen molar-refractivity contribution in [2.75, 3.05) is 38.5 Å². The minimum Gasteiger partial charge on any atom is -0.496 e. The van der Waals surface area contributed by atoms with Crippen LogP contribution in [0, 0.1) is 6.92 Å². The van der Waals surface area contributed by atoms with E-state index in [2.05, 4.69) is 20.6 Å². The summed E-state index contributed by atoms with van der Waals surface area (Å²) in [5, 5.41) is 15.1. The highest BCUT2D eigenvalue weighted by atomic mass is 32.1. The van der Waals surface area contributed by atoms with Gasteiger partial charge in [0.15, 0.2) is 5.76 Å². The van der Waals surface area contributed by atoms with E-state index in [1.54, 1.807) is 12.1 Å². The van der Waals surface area contributed by atoms with Gasteiger partial charge in [-0.05, 0) is 24.6 Å². The molecule has 3 aromatic heterocycles. The molecule has 0 aliphatic rings. The van der Waals surface area contributed by atoms with Crippen molar-refractivity contribution in [3.8, 4) is 27.8 Å². The first-order valence-electron chi connectivity index (χ1n) is 10.3. The van der Waals surface area contributed by atoms with Crippen LogP contribution in [0.1, 0.15) is 16.1 Å². The molecule has 1 aromatic carbocycles. The van der Waals surface area contributed by atoms with E-state index in [-0.39, 0.29) is 29.9 Å². The molecular formula is C22H22N6O6S. The SMILES string of the molecule is COCCOc1c(-c2c(C)cccc2OC)cc(C(=O)Nc2nnc(-n3nccc3N)s2)oc1=O. The fourth-order valence-electron chi connectivity index (χ4n) is 3.28. The molecule has 35 heavy (non-hydrogen) atoms. The van der Waals surface area contributed by atoms with E-state index in [1.807, 2.05) is 19.1 Å². The van der Waals surface area contributed by atoms with E-state index in [0.29, 0.717) is 27.8 Å². The van der Waals surface area contributed by atoms with E-state index in [0.717, 1.165) is 16.9 Å². The lowest BCUT2D eigenvalue weighted by Crippen LogP contribution is -2.18. The molecule has 0 aliphatic heterocycles. The molecule has 0 fully saturated rings. The summed E-state index contributed by atoms with van der Waals surface area (Å²) in [4.78, 5) is 25.9. The maximum Gasteiger partial charge on any atom is 0.379 e. The Morgan fingerprint density at radius 1 is 1.23 bits per heavy atom. The summed E-state index contributed by atoms with van der Waals surface area (Å²) in [6.07, 6.45) is 1.52. The molecule has 1 amide bonds. The molecule has 0 spiro atoms. The fraction of sp³-hybridized carbons (Fsp3) is 0.227. The number of nitrogens with two attached hydrogens (primary N) is 1. The molecule has 0 radical (unpaired) electrons. The number of nitrogens with zero attached hydrogens (tertiary/aromatic N) is 4. The number of hydrogen-bond acceptors (Lipinski definition) is 11. The topological polar surface area (TPSA) is 157 Å². The molecule has 0 saturated carbocycles. The van der Waals surface area contributed by atoms with Gasteiger partial charge in [0.25, 0.3) is 5.91 Å². The number of carbonyl (C=O) groups is 1. The van der Waals surface area contributed by atoms with E-state index < -0.39 is 11.5 Å². The quantitative estimate of drug-likeness (QED) is 0.329. The average molecular weight is 499 g/mol. The van der Waals surface area contributed by atoms with Crippen LogP contribution in [0.5, 0.6) is 11.5 Å². The Bertz CT molecular complexity index is 1410. The second-order valence-electron chi connectivity index (χ2n) is 7.15. The summed E-state index contributed by atoms with van der Waals surface area (Å²) >= 11 is 1.05. The maximum atomic E-state index is 13.0. The minimum atomic E-state index is -0.823. The molecule has 0 unspecified atom stereocenters. The van der Waals surface area contributed by atoms with Gasteiger partial charge in [-0.2, -0.15) is 9.78 Å². The summed E-state index contributed by atoms with van der Waals surface area (Å²) in [6, 6.07) is 8.46. The molecule has 12 nitrogen and oxygen atoms in total. The number of aryl methyl sites for hydroxylation is 1. The van der Waals surface area contributed by atoms with Gasteiger partial charge in [0.2, 0.25) is 16.0 Å². The second kappa shape index (κ2) is 10.4. The Morgan fingerprint density at radius 3 is 2.77 bits per heavy atom. The van der Waals surface area contributed by atoms with Gasteiger partial charge in [-0.15, -0.1) is 10.2 Å². The normalized spacial score (nSPS) is 10.8. The number of carbonyl (C=O) groups excluding carboxylic acids is 1. The zero-order chi connectivity index (χ0) is 24.9. The Kier molecular flexibility index (Phi) is 7.08. The Labute approximate surface area is 203 Å². The lowest BCUT2D eigenvalue weighted by Gasteiger charge is -2.16. The molecule has 0 aliphatic carbocycles. The lowest BCUT2D eigenvalue weighted by atomic mass is 9.99. The van der Waals surface area contributed by atoms with Crippen LogP contribution in [-0.4, -0.2) is 53.3 Å². The summed E-state index contributed by atoms with van der Waals surface area (Å²) in [6.45, 7) is 2.22. The predicted octanol–water partition coefficient (Wildman–Crippen LogP) is 2.52. The van der Waals surface area contributed by atoms with Crippen LogP contribution in [0.25, 0.3) is 16.3 Å². The third-order valence-electron chi connectivity index (χ3n) is 4.88. The van der Waals surface area contributed by atoms with Crippen LogP contribution in [0.2, 0.25) is 0 Å². The van der Waals surface area contributed by atoms with Crippen LogP contribution in [0.15, 0.2) is 45.7 Å². The average Bonchev–Trinajstić information content (AvgIpc) is 3.48. The van der Waals surface area contributed by atoms with Gasteiger partial charge >= 0.3 is 5.63 Å². The molecule has 0 bridgehead atoms. The molecule has 0 atom stereocenters. The fourth-order valence-corrected chi connectivity index (χ4v) is 4.00. The molecule has 4 aromatic rings. The Balaban J connectivity index is 1.71. The Hall–Kier alpha value is -4.23. The van der Waals surface area contributed by atoms with Crippen molar-refractivity contribution in [2.45, 2.75) is 6.92 Å². The minimum absolute atomic E-state index is 0.0569. The maximum absolute atomic E-state index is 13.0. The molecule has 182 valence electrons. The van der Waals surface area contributed by atoms with Crippen LogP contribution >= 0.6 is 11.3 Å². The van der Waals surface area contributed by atoms with Crippen molar-refractivity contribution in [2.24, 2.45) is 0 Å². The van der Waals surface area contributed by atoms with Gasteiger partial charge in [-0.25, -0.2) is 4.79 Å². The summed E-state index contributed by atoms with van der Waals surface area (Å²) in [7, 11) is 3.03. The van der Waals surface area contributed by atoms with E-state index in [1.165, 1.54) is 31.2 Å². The summed E-state index contributed by atoms with van der Waals surface area (Å²) in [5.74, 6) is -0.131. The first-order chi connectivity index (χ1) is 16.9. The van der Waals surface area contributed by atoms with Crippen LogP contribution in [0.4, 0.5) is 10.9 Å². The number of methoxy groups -OCH3 is 2. The van der Waals surface area contributed by atoms with Crippen LogP contribution < -0.4 is 26.1 Å². The van der Waals surface area contributed by atoms with Crippen molar-refractivity contribution in [1.29, 1.82) is 0 Å². The number of hydrogen-bond donors (Lipinski definition) is 2. The first kappa shape index (κ1) is 23.9. The van der Waals surface area contributed by atoms with E-state index in [4.69, 9.17) is 24.4 Å². The van der Waals surface area contributed by atoms with Crippen molar-refractivity contribution < 1.29 is 23.4 Å². The highest BCUT2D eigenvalue weighted by Gasteiger charge is 2.23. The van der Waals surface area contributed by atoms with Gasteiger partial charge in [-0.1, -0.05) is 23.5 Å². The number of aromatic nitrogens is 4. The summed E-state index contributed by atoms with van der Waals surface area (Å²) < 4.78 is 22.8. The number of nitrogens with one attached hydrogen (secondary N) is 1. The number of rotatable bonds is 9. The molecule has 0 saturated heterocycles. The molecule has 3 N–H and O–H groups in total. The molecule has 3 heterocycles.